The van der Waals surface area contributed by atoms with Gasteiger partial charge in [0, 0.05) is 45.3 Å². The van der Waals surface area contributed by atoms with E-state index in [0.29, 0.717) is 11.5 Å². The monoisotopic (exact) mass is 939 g/mol. The average Bonchev–Trinajstić information content (AvgIpc) is 3.78. The molecule has 0 fully saturated rings. The SMILES string of the molecule is Cc1cccc(C)c1B1Oc2cccnc2N1c1[c-]c(Oc2[c-]c3c(cc2)c2cccc4c2n2c(c(-c5ccccc5)nc32)C(C)(C)C4(C)C)cc(C(C)(C)C)c1.[Pt+2]. The number of pyridine rings is 2. The van der Waals surface area contributed by atoms with Gasteiger partial charge in [0.05, 0.1) is 11.3 Å². The van der Waals surface area contributed by atoms with Crippen LogP contribution in [0, 0.1) is 26.0 Å². The van der Waals surface area contributed by atoms with E-state index in [-0.39, 0.29) is 37.3 Å². The summed E-state index contributed by atoms with van der Waals surface area (Å²) in [5.41, 5.74) is 11.5. The zero-order valence-corrected chi connectivity index (χ0v) is 36.7. The van der Waals surface area contributed by atoms with Crippen LogP contribution in [0.4, 0.5) is 11.5 Å². The Hall–Kier alpha value is -5.39. The van der Waals surface area contributed by atoms with Crippen LogP contribution in [0.25, 0.3) is 38.6 Å². The smallest absolute Gasteiger partial charge is 0.535 e. The van der Waals surface area contributed by atoms with Crippen molar-refractivity contribution in [2.45, 2.75) is 78.6 Å². The quantitative estimate of drug-likeness (QED) is 0.0978. The van der Waals surface area contributed by atoms with Crippen LogP contribution < -0.4 is 19.7 Å². The second kappa shape index (κ2) is 13.3. The number of aromatic nitrogens is 3. The summed E-state index contributed by atoms with van der Waals surface area (Å²) in [6, 6.07) is 43.4. The molecule has 290 valence electrons. The first-order chi connectivity index (χ1) is 27.2. The fourth-order valence-corrected chi connectivity index (χ4v) is 9.10. The zero-order chi connectivity index (χ0) is 39.6. The maximum atomic E-state index is 6.86. The van der Waals surface area contributed by atoms with E-state index in [9.17, 15) is 0 Å². The van der Waals surface area contributed by atoms with Crippen LogP contribution in [0.15, 0.2) is 109 Å². The van der Waals surface area contributed by atoms with Crippen LogP contribution in [0.5, 0.6) is 17.2 Å². The van der Waals surface area contributed by atoms with Gasteiger partial charge < -0.3 is 18.6 Å². The first-order valence-corrected chi connectivity index (χ1v) is 19.9. The molecule has 8 aromatic rings. The second-order valence-corrected chi connectivity index (χ2v) is 17.8. The zero-order valence-electron chi connectivity index (χ0n) is 34.4. The largest absolute Gasteiger partial charge is 2.00 e. The number of imidazole rings is 1. The molecule has 5 heterocycles. The van der Waals surface area contributed by atoms with E-state index in [1.54, 1.807) is 0 Å². The van der Waals surface area contributed by atoms with E-state index in [0.717, 1.165) is 67.1 Å². The van der Waals surface area contributed by atoms with E-state index >= 15 is 0 Å². The fraction of sp³-hybridized carbons (Fsp3) is 0.240. The number of ether oxygens (including phenoxy) is 1. The molecule has 0 amide bonds. The standard InChI is InChI=1S/C50H45BN4O2.Pt/c1-30-16-13-17-31(2)42(30)51-55(47-41(57-51)22-15-25-52-47)34-26-33(48(3,4)5)27-36(28-34)56-35-23-24-37-38-20-14-21-40-44(38)54-45(50(8,9)49(40,6)7)43(32-18-11-10-12-19-32)53-46(54)39(37)29-35;/h10-27H,1-9H3;/q-2;+2. The number of nitrogens with zero attached hydrogens (tertiary/aromatic N) is 4. The number of hydrogen-bond donors (Lipinski definition) is 0. The first-order valence-electron chi connectivity index (χ1n) is 19.9. The first kappa shape index (κ1) is 38.1. The van der Waals surface area contributed by atoms with E-state index in [2.05, 4.69) is 169 Å². The van der Waals surface area contributed by atoms with Crippen molar-refractivity contribution in [3.8, 4) is 28.5 Å². The summed E-state index contributed by atoms with van der Waals surface area (Å²) < 4.78 is 16.0. The summed E-state index contributed by atoms with van der Waals surface area (Å²) in [6.45, 7) is 20.4. The number of rotatable bonds is 5. The minimum atomic E-state index is -0.421. The predicted octanol–water partition coefficient (Wildman–Crippen LogP) is 11.5. The van der Waals surface area contributed by atoms with Gasteiger partial charge in [-0.25, -0.2) is 4.98 Å². The molecule has 0 N–H and O–H groups in total. The fourth-order valence-electron chi connectivity index (χ4n) is 9.10. The summed E-state index contributed by atoms with van der Waals surface area (Å²) >= 11 is 0. The van der Waals surface area contributed by atoms with E-state index in [1.165, 1.54) is 22.2 Å². The van der Waals surface area contributed by atoms with Crippen LogP contribution >= 0.6 is 0 Å². The Morgan fingerprint density at radius 1 is 0.759 bits per heavy atom. The van der Waals surface area contributed by atoms with Gasteiger partial charge in [-0.1, -0.05) is 149 Å². The predicted molar refractivity (Wildman–Crippen MR) is 233 cm³/mol. The Labute approximate surface area is 355 Å². The maximum Gasteiger partial charge on any atom is 2.00 e. The van der Waals surface area contributed by atoms with Crippen LogP contribution in [-0.2, 0) is 37.3 Å². The normalized spacial score (nSPS) is 15.2. The molecule has 6 nitrogen and oxygen atoms in total. The third kappa shape index (κ3) is 5.57. The van der Waals surface area contributed by atoms with Gasteiger partial charge in [0.15, 0.2) is 5.82 Å². The maximum absolute atomic E-state index is 6.86. The molecule has 2 aliphatic rings. The summed E-state index contributed by atoms with van der Waals surface area (Å²) in [6.07, 6.45) is 1.82. The third-order valence-electron chi connectivity index (χ3n) is 12.9. The summed E-state index contributed by atoms with van der Waals surface area (Å²) in [7, 11) is -0.421. The van der Waals surface area contributed by atoms with Gasteiger partial charge in [0.1, 0.15) is 5.75 Å². The Morgan fingerprint density at radius 3 is 2.24 bits per heavy atom. The van der Waals surface area contributed by atoms with Crippen molar-refractivity contribution in [3.63, 3.8) is 0 Å². The molecule has 0 unspecified atom stereocenters. The Bertz CT molecular complexity index is 2930. The van der Waals surface area contributed by atoms with Crippen molar-refractivity contribution in [2.24, 2.45) is 0 Å². The number of anilines is 2. The number of para-hydroxylation sites is 1. The number of fused-ring (bicyclic) bond motifs is 4. The average molecular weight is 940 g/mol. The van der Waals surface area contributed by atoms with Crippen LogP contribution in [0.3, 0.4) is 0 Å². The molecule has 0 spiro atoms. The number of hydrogen-bond acceptors (Lipinski definition) is 5. The number of aryl methyl sites for hydroxylation is 2. The molecule has 0 saturated heterocycles. The van der Waals surface area contributed by atoms with Crippen molar-refractivity contribution < 1.29 is 30.5 Å². The van der Waals surface area contributed by atoms with E-state index in [1.807, 2.05) is 24.4 Å². The number of benzene rings is 5. The van der Waals surface area contributed by atoms with E-state index < -0.39 is 7.05 Å². The molecule has 0 bridgehead atoms. The minimum absolute atomic E-state index is 0. The Balaban J connectivity index is 0.00000436. The second-order valence-electron chi connectivity index (χ2n) is 17.8. The third-order valence-corrected chi connectivity index (χ3v) is 12.9. The minimum Gasteiger partial charge on any atom is -0.535 e. The van der Waals surface area contributed by atoms with Crippen molar-refractivity contribution in [1.29, 1.82) is 0 Å². The van der Waals surface area contributed by atoms with Gasteiger partial charge in [0.25, 0.3) is 0 Å². The van der Waals surface area contributed by atoms with Crippen molar-refractivity contribution >= 4 is 51.3 Å². The molecule has 8 heteroatoms. The molecular formula is C50H45BN4O2Pt. The molecule has 2 aliphatic heterocycles. The van der Waals surface area contributed by atoms with Gasteiger partial charge in [-0.15, -0.1) is 35.9 Å². The Morgan fingerprint density at radius 2 is 1.50 bits per heavy atom. The molecular weight excluding hydrogens is 894 g/mol. The topological polar surface area (TPSA) is 51.9 Å². The van der Waals surface area contributed by atoms with Gasteiger partial charge in [-0.05, 0) is 47.8 Å². The molecule has 0 aliphatic carbocycles. The molecule has 0 saturated carbocycles. The van der Waals surface area contributed by atoms with Crippen molar-refractivity contribution in [3.05, 3.63) is 149 Å². The molecule has 0 radical (unpaired) electrons. The van der Waals surface area contributed by atoms with Crippen LogP contribution in [0.1, 0.15) is 76.4 Å². The summed E-state index contributed by atoms with van der Waals surface area (Å²) in [5.74, 6) is 2.67. The summed E-state index contributed by atoms with van der Waals surface area (Å²) in [5, 5.41) is 3.20. The molecule has 3 aromatic heterocycles. The molecule has 0 atom stereocenters. The van der Waals surface area contributed by atoms with Crippen molar-refractivity contribution in [1.82, 2.24) is 14.4 Å². The van der Waals surface area contributed by atoms with Crippen molar-refractivity contribution in [2.75, 3.05) is 4.81 Å². The van der Waals surface area contributed by atoms with Gasteiger partial charge in [-0.3, -0.25) is 4.98 Å². The van der Waals surface area contributed by atoms with E-state index in [4.69, 9.17) is 19.4 Å². The molecule has 5 aromatic carbocycles. The Kier molecular flexibility index (Phi) is 8.76. The summed E-state index contributed by atoms with van der Waals surface area (Å²) in [4.78, 5) is 12.5. The molecule has 10 rings (SSSR count). The van der Waals surface area contributed by atoms with Gasteiger partial charge in [-0.2, -0.15) is 0 Å². The van der Waals surface area contributed by atoms with Crippen LogP contribution in [-0.4, -0.2) is 21.4 Å². The van der Waals surface area contributed by atoms with Crippen LogP contribution in [0.2, 0.25) is 0 Å². The van der Waals surface area contributed by atoms with Gasteiger partial charge in [0.2, 0.25) is 0 Å². The molecule has 58 heavy (non-hydrogen) atoms. The van der Waals surface area contributed by atoms with Gasteiger partial charge >= 0.3 is 28.1 Å².